The molecule has 0 saturated carbocycles. The Kier molecular flexibility index (Phi) is 5.71. The highest BCUT2D eigenvalue weighted by Crippen LogP contribution is 2.27. The third-order valence-electron chi connectivity index (χ3n) is 3.76. The quantitative estimate of drug-likeness (QED) is 0.458. The summed E-state index contributed by atoms with van der Waals surface area (Å²) in [7, 11) is -3.31. The van der Waals surface area contributed by atoms with Crippen LogP contribution in [0.25, 0.3) is 14.7 Å². The molecule has 0 aliphatic carbocycles. The first-order valence-corrected chi connectivity index (χ1v) is 10.6. The van der Waals surface area contributed by atoms with Crippen molar-refractivity contribution in [2.45, 2.75) is 5.75 Å². The molecule has 2 nitrogen and oxygen atoms in total. The molecule has 3 rings (SSSR count). The van der Waals surface area contributed by atoms with Crippen molar-refractivity contribution >= 4 is 36.0 Å². The first kappa shape index (κ1) is 17.9. The Morgan fingerprint density at radius 2 is 1.28 bits per heavy atom. The summed E-state index contributed by atoms with van der Waals surface area (Å²) in [6, 6.07) is 27.3. The van der Waals surface area contributed by atoms with Crippen molar-refractivity contribution in [3.63, 3.8) is 0 Å². The van der Waals surface area contributed by atoms with Crippen molar-refractivity contribution in [1.82, 2.24) is 0 Å². The highest BCUT2D eigenvalue weighted by molar-refractivity contribution is 14.1. The molecular weight excluding hydrogens is 443 g/mol. The fourth-order valence-corrected chi connectivity index (χ4v) is 5.24. The second-order valence-electron chi connectivity index (χ2n) is 5.70. The van der Waals surface area contributed by atoms with Crippen LogP contribution >= 0.6 is 22.6 Å². The average molecular weight is 460 g/mol. The molecule has 0 radical (unpaired) electrons. The number of halogens is 1. The summed E-state index contributed by atoms with van der Waals surface area (Å²) < 4.78 is 25.5. The van der Waals surface area contributed by atoms with Gasteiger partial charge in [0.2, 0.25) is 0 Å². The maximum Gasteiger partial charge on any atom is 0.176 e. The Balaban J connectivity index is 1.80. The molecule has 0 spiro atoms. The largest absolute Gasteiger partial charge is 0.224 e. The van der Waals surface area contributed by atoms with E-state index in [0.29, 0.717) is 3.58 Å². The van der Waals surface area contributed by atoms with E-state index in [2.05, 4.69) is 34.7 Å². The summed E-state index contributed by atoms with van der Waals surface area (Å²) in [5, 5.41) is 1.36. The molecule has 126 valence electrons. The normalized spacial score (nSPS) is 12.1. The molecule has 0 bridgehead atoms. The lowest BCUT2D eigenvalue weighted by Crippen LogP contribution is -2.00. The minimum Gasteiger partial charge on any atom is -0.224 e. The molecule has 0 amide bonds. The van der Waals surface area contributed by atoms with E-state index in [9.17, 15) is 8.42 Å². The molecule has 0 aliphatic heterocycles. The van der Waals surface area contributed by atoms with Crippen LogP contribution in [0, 0.1) is 0 Å². The van der Waals surface area contributed by atoms with Crippen LogP contribution in [0.5, 0.6) is 0 Å². The average Bonchev–Trinajstić information content (AvgIpc) is 2.62. The summed E-state index contributed by atoms with van der Waals surface area (Å²) in [5.74, 6) is 0.0163. The molecule has 4 heteroatoms. The fraction of sp³-hybridized carbons (Fsp3) is 0.0476. The lowest BCUT2D eigenvalue weighted by Gasteiger charge is -2.05. The second kappa shape index (κ2) is 7.97. The van der Waals surface area contributed by atoms with Crippen LogP contribution in [0.2, 0.25) is 0 Å². The van der Waals surface area contributed by atoms with Gasteiger partial charge >= 0.3 is 0 Å². The van der Waals surface area contributed by atoms with Gasteiger partial charge in [0.1, 0.15) is 0 Å². The van der Waals surface area contributed by atoms with Crippen LogP contribution in [0.4, 0.5) is 0 Å². The lowest BCUT2D eigenvalue weighted by molar-refractivity contribution is 0.604. The number of sulfone groups is 1. The molecule has 0 unspecified atom stereocenters. The number of hydrogen-bond donors (Lipinski definition) is 0. The number of rotatable bonds is 5. The van der Waals surface area contributed by atoms with Crippen molar-refractivity contribution in [2.75, 3.05) is 0 Å². The van der Waals surface area contributed by atoms with Crippen LogP contribution in [-0.2, 0) is 15.6 Å². The Bertz CT molecular complexity index is 961. The van der Waals surface area contributed by atoms with E-state index >= 15 is 0 Å². The maximum atomic E-state index is 12.4. The molecule has 0 N–H and O–H groups in total. The zero-order valence-electron chi connectivity index (χ0n) is 13.5. The second-order valence-corrected chi connectivity index (χ2v) is 8.71. The fourth-order valence-electron chi connectivity index (χ4n) is 2.53. The highest BCUT2D eigenvalue weighted by atomic mass is 127. The van der Waals surface area contributed by atoms with Crippen molar-refractivity contribution in [3.8, 4) is 11.1 Å². The van der Waals surface area contributed by atoms with Crippen molar-refractivity contribution in [2.24, 2.45) is 0 Å². The van der Waals surface area contributed by atoms with E-state index in [1.54, 1.807) is 0 Å². The molecule has 3 aromatic rings. The van der Waals surface area contributed by atoms with Gasteiger partial charge in [-0.1, -0.05) is 84.9 Å². The van der Waals surface area contributed by atoms with Crippen LogP contribution in [0.1, 0.15) is 11.1 Å². The topological polar surface area (TPSA) is 34.1 Å². The first-order chi connectivity index (χ1) is 12.0. The Morgan fingerprint density at radius 3 is 1.88 bits per heavy atom. The Hall–Kier alpha value is -1.92. The minimum absolute atomic E-state index is 0.0163. The predicted octanol–water partition coefficient (Wildman–Crippen LogP) is 5.70. The van der Waals surface area contributed by atoms with Crippen molar-refractivity contribution in [3.05, 3.63) is 101 Å². The molecule has 25 heavy (non-hydrogen) atoms. The van der Waals surface area contributed by atoms with Gasteiger partial charge in [0, 0.05) is 8.99 Å². The summed E-state index contributed by atoms with van der Waals surface area (Å²) in [6.07, 6.45) is 0. The minimum atomic E-state index is -3.31. The van der Waals surface area contributed by atoms with Gasteiger partial charge in [-0.3, -0.25) is 0 Å². The summed E-state index contributed by atoms with van der Waals surface area (Å²) >= 11 is 2.08. The molecule has 0 fully saturated rings. The van der Waals surface area contributed by atoms with Gasteiger partial charge in [0.15, 0.2) is 9.84 Å². The van der Waals surface area contributed by atoms with Gasteiger partial charge in [0.25, 0.3) is 0 Å². The van der Waals surface area contributed by atoms with Crippen LogP contribution in [0.3, 0.4) is 0 Å². The molecule has 0 aliphatic rings. The zero-order chi connectivity index (χ0) is 17.7. The Labute approximate surface area is 162 Å². The molecule has 3 aromatic carbocycles. The van der Waals surface area contributed by atoms with E-state index in [0.717, 1.165) is 22.3 Å². The van der Waals surface area contributed by atoms with Crippen LogP contribution in [-0.4, -0.2) is 8.42 Å². The van der Waals surface area contributed by atoms with Gasteiger partial charge < -0.3 is 0 Å². The van der Waals surface area contributed by atoms with Gasteiger partial charge in [-0.15, -0.1) is 0 Å². The molecule has 0 atom stereocenters. The smallest absolute Gasteiger partial charge is 0.176 e. The summed E-state index contributed by atoms with van der Waals surface area (Å²) in [5.41, 5.74) is 3.95. The van der Waals surface area contributed by atoms with Crippen molar-refractivity contribution < 1.29 is 8.42 Å². The predicted molar refractivity (Wildman–Crippen MR) is 113 cm³/mol. The van der Waals surface area contributed by atoms with E-state index in [-0.39, 0.29) is 5.75 Å². The Morgan fingerprint density at radius 1 is 0.760 bits per heavy atom. The van der Waals surface area contributed by atoms with Crippen LogP contribution < -0.4 is 0 Å². The summed E-state index contributed by atoms with van der Waals surface area (Å²) in [6.45, 7) is 0. The SMILES string of the molecule is O=S(=O)(C=C(I)c1ccc(-c2ccccc2)cc1)Cc1ccccc1. The standard InChI is InChI=1S/C21H17IO2S/c22-21(16-25(23,24)15-17-7-3-1-4-8-17)20-13-11-19(12-14-20)18-9-5-2-6-10-18/h1-14,16H,15H2. The van der Waals surface area contributed by atoms with Gasteiger partial charge in [-0.2, -0.15) is 0 Å². The van der Waals surface area contributed by atoms with Gasteiger partial charge in [-0.25, -0.2) is 8.42 Å². The van der Waals surface area contributed by atoms with E-state index in [1.807, 2.05) is 72.8 Å². The molecule has 0 saturated heterocycles. The highest BCUT2D eigenvalue weighted by Gasteiger charge is 2.11. The molecular formula is C21H17IO2S. The van der Waals surface area contributed by atoms with E-state index < -0.39 is 9.84 Å². The molecule has 0 aromatic heterocycles. The third kappa shape index (κ3) is 5.03. The maximum absolute atomic E-state index is 12.4. The van der Waals surface area contributed by atoms with Gasteiger partial charge in [0.05, 0.1) is 5.75 Å². The number of hydrogen-bond acceptors (Lipinski definition) is 2. The van der Waals surface area contributed by atoms with E-state index in [4.69, 9.17) is 0 Å². The monoisotopic (exact) mass is 460 g/mol. The van der Waals surface area contributed by atoms with E-state index in [1.165, 1.54) is 5.41 Å². The first-order valence-electron chi connectivity index (χ1n) is 7.83. The van der Waals surface area contributed by atoms with Crippen LogP contribution in [0.15, 0.2) is 90.3 Å². The lowest BCUT2D eigenvalue weighted by atomic mass is 10.0. The van der Waals surface area contributed by atoms with Gasteiger partial charge in [-0.05, 0) is 44.8 Å². The summed E-state index contributed by atoms with van der Waals surface area (Å²) in [4.78, 5) is 0. The third-order valence-corrected chi connectivity index (χ3v) is 6.45. The molecule has 0 heterocycles. The zero-order valence-corrected chi connectivity index (χ0v) is 16.4. The van der Waals surface area contributed by atoms with Crippen molar-refractivity contribution in [1.29, 1.82) is 0 Å². The number of benzene rings is 3.